The van der Waals surface area contributed by atoms with Crippen LogP contribution in [0.1, 0.15) is 6.42 Å². The Labute approximate surface area is 283 Å². The molecule has 7 aromatic carbocycles. The Bertz CT molecular complexity index is 2270. The lowest BCUT2D eigenvalue weighted by atomic mass is 9.91. The molecule has 0 bridgehead atoms. The molecular weight excluding hydrogens is 585 g/mol. The first-order chi connectivity index (χ1) is 23.5. The van der Waals surface area contributed by atoms with Crippen LogP contribution >= 0.6 is 0 Å². The van der Waals surface area contributed by atoms with Crippen LogP contribution in [-0.2, 0) is 0 Å². The van der Waals surface area contributed by atoms with Crippen LogP contribution in [0.4, 0.5) is 34.1 Å². The molecule has 1 atom stereocenters. The van der Waals surface area contributed by atoms with E-state index in [1.165, 1.54) is 60.8 Å². The molecule has 0 N–H and O–H groups in total. The number of anilines is 6. The predicted molar refractivity (Wildman–Crippen MR) is 207 cm³/mol. The standard InChI is InChI=1S/C44H40N4/c1-45(2)33-19-23-37(24-20-33)47(35-11-7-5-8-12-35)41-29-17-31-16-28-40-42(30-18-32-15-27-39(41)43(31)44(32)40)48(36-13-9-6-10-14-36)38-25-21-34(22-26-38)46(3)4/h5-25,27-30,38H,26H2,1-4H3. The average Bonchev–Trinajstić information content (AvgIpc) is 3.13. The fourth-order valence-corrected chi connectivity index (χ4v) is 7.30. The van der Waals surface area contributed by atoms with E-state index in [9.17, 15) is 0 Å². The van der Waals surface area contributed by atoms with Crippen molar-refractivity contribution in [2.45, 2.75) is 12.5 Å². The van der Waals surface area contributed by atoms with Crippen molar-refractivity contribution in [2.24, 2.45) is 0 Å². The summed E-state index contributed by atoms with van der Waals surface area (Å²) in [5, 5.41) is 7.63. The summed E-state index contributed by atoms with van der Waals surface area (Å²) in [5.74, 6) is 0. The predicted octanol–water partition coefficient (Wildman–Crippen LogP) is 11.0. The third-order valence-electron chi connectivity index (χ3n) is 9.70. The number of likely N-dealkylation sites (N-methyl/N-ethyl adjacent to an activating group) is 1. The Morgan fingerprint density at radius 2 is 1.00 bits per heavy atom. The molecule has 1 aliphatic rings. The molecule has 0 heterocycles. The maximum absolute atomic E-state index is 2.52. The van der Waals surface area contributed by atoms with Crippen LogP contribution in [0.25, 0.3) is 32.3 Å². The summed E-state index contributed by atoms with van der Waals surface area (Å²) < 4.78 is 0. The van der Waals surface area contributed by atoms with E-state index in [1.54, 1.807) is 0 Å². The van der Waals surface area contributed by atoms with Crippen LogP contribution in [0, 0.1) is 0 Å². The number of hydrogen-bond donors (Lipinski definition) is 0. The van der Waals surface area contributed by atoms with Crippen molar-refractivity contribution in [1.82, 2.24) is 4.90 Å². The molecule has 1 aliphatic carbocycles. The van der Waals surface area contributed by atoms with Gasteiger partial charge in [0.15, 0.2) is 0 Å². The van der Waals surface area contributed by atoms with Crippen LogP contribution in [0.3, 0.4) is 0 Å². The number of rotatable bonds is 8. The Balaban J connectivity index is 1.34. The molecule has 0 fully saturated rings. The molecule has 4 heteroatoms. The van der Waals surface area contributed by atoms with E-state index in [1.807, 2.05) is 0 Å². The van der Waals surface area contributed by atoms with Gasteiger partial charge in [-0.2, -0.15) is 0 Å². The van der Waals surface area contributed by atoms with Gasteiger partial charge in [0.05, 0.1) is 11.7 Å². The number of hydrogen-bond acceptors (Lipinski definition) is 4. The number of para-hydroxylation sites is 2. The van der Waals surface area contributed by atoms with Crippen molar-refractivity contribution in [3.05, 3.63) is 157 Å². The van der Waals surface area contributed by atoms with Crippen LogP contribution in [0.5, 0.6) is 0 Å². The van der Waals surface area contributed by atoms with E-state index in [-0.39, 0.29) is 6.04 Å². The molecule has 0 spiro atoms. The molecule has 8 rings (SSSR count). The summed E-state index contributed by atoms with van der Waals surface area (Å²) in [7, 11) is 8.39. The monoisotopic (exact) mass is 624 g/mol. The van der Waals surface area contributed by atoms with Gasteiger partial charge in [0.2, 0.25) is 0 Å². The summed E-state index contributed by atoms with van der Waals surface area (Å²) in [6.07, 6.45) is 7.91. The van der Waals surface area contributed by atoms with Crippen LogP contribution in [-0.4, -0.2) is 39.1 Å². The van der Waals surface area contributed by atoms with E-state index in [2.05, 4.69) is 199 Å². The summed E-state index contributed by atoms with van der Waals surface area (Å²) in [4.78, 5) is 9.24. The fraction of sp³-hybridized carbons (Fsp3) is 0.136. The van der Waals surface area contributed by atoms with Gasteiger partial charge in [0, 0.05) is 73.1 Å². The first-order valence-electron chi connectivity index (χ1n) is 16.7. The highest BCUT2D eigenvalue weighted by Crippen LogP contribution is 2.46. The van der Waals surface area contributed by atoms with Gasteiger partial charge in [-0.05, 0) is 94.7 Å². The lowest BCUT2D eigenvalue weighted by Gasteiger charge is -2.35. The summed E-state index contributed by atoms with van der Waals surface area (Å²) in [5.41, 5.74) is 8.29. The molecule has 0 saturated carbocycles. The molecular formula is C44H40N4. The summed E-state index contributed by atoms with van der Waals surface area (Å²) >= 11 is 0. The maximum atomic E-state index is 2.52. The van der Waals surface area contributed by atoms with Crippen LogP contribution in [0.2, 0.25) is 0 Å². The fourth-order valence-electron chi connectivity index (χ4n) is 7.30. The van der Waals surface area contributed by atoms with Gasteiger partial charge >= 0.3 is 0 Å². The van der Waals surface area contributed by atoms with Gasteiger partial charge in [0.25, 0.3) is 0 Å². The molecule has 0 aromatic heterocycles. The van der Waals surface area contributed by atoms with Gasteiger partial charge in [-0.3, -0.25) is 0 Å². The third kappa shape index (κ3) is 5.10. The van der Waals surface area contributed by atoms with Gasteiger partial charge in [-0.25, -0.2) is 0 Å². The maximum Gasteiger partial charge on any atom is 0.0561 e. The SMILES string of the molecule is CN(C)C1=CCC(N(c2ccccc2)c2ccc3ccc4c(N(c5ccccc5)c5ccc(N(C)C)cc5)ccc5ccc2c3c54)C=C1. The molecule has 0 amide bonds. The molecule has 0 aliphatic heterocycles. The zero-order valence-electron chi connectivity index (χ0n) is 28.0. The van der Waals surface area contributed by atoms with Crippen LogP contribution < -0.4 is 14.7 Å². The number of benzene rings is 7. The van der Waals surface area contributed by atoms with Gasteiger partial charge < -0.3 is 19.6 Å². The average molecular weight is 625 g/mol. The van der Waals surface area contributed by atoms with E-state index in [4.69, 9.17) is 0 Å². The van der Waals surface area contributed by atoms with Crippen molar-refractivity contribution in [1.29, 1.82) is 0 Å². The highest BCUT2D eigenvalue weighted by Gasteiger charge is 2.24. The Morgan fingerprint density at radius 1 is 0.479 bits per heavy atom. The Kier molecular flexibility index (Phi) is 7.49. The molecule has 0 radical (unpaired) electrons. The highest BCUT2D eigenvalue weighted by atomic mass is 15.2. The molecule has 0 saturated heterocycles. The minimum absolute atomic E-state index is 0.198. The zero-order chi connectivity index (χ0) is 32.8. The van der Waals surface area contributed by atoms with Gasteiger partial charge in [0.1, 0.15) is 0 Å². The Morgan fingerprint density at radius 3 is 1.56 bits per heavy atom. The first kappa shape index (κ1) is 29.6. The van der Waals surface area contributed by atoms with Crippen LogP contribution in [0.15, 0.2) is 157 Å². The van der Waals surface area contributed by atoms with E-state index in [0.29, 0.717) is 0 Å². The van der Waals surface area contributed by atoms with Crippen molar-refractivity contribution in [3.8, 4) is 0 Å². The molecule has 1 unspecified atom stereocenters. The second kappa shape index (κ2) is 12.1. The number of nitrogens with zero attached hydrogens (tertiary/aromatic N) is 4. The minimum Gasteiger partial charge on any atom is -0.378 e. The summed E-state index contributed by atoms with van der Waals surface area (Å²) in [6, 6.07) is 49.0. The lowest BCUT2D eigenvalue weighted by Crippen LogP contribution is -2.31. The first-order valence-corrected chi connectivity index (χ1v) is 16.7. The van der Waals surface area contributed by atoms with E-state index < -0.39 is 0 Å². The van der Waals surface area contributed by atoms with Gasteiger partial charge in [-0.15, -0.1) is 0 Å². The largest absolute Gasteiger partial charge is 0.378 e. The summed E-state index contributed by atoms with van der Waals surface area (Å²) in [6.45, 7) is 0. The van der Waals surface area contributed by atoms with Crippen molar-refractivity contribution < 1.29 is 0 Å². The third-order valence-corrected chi connectivity index (χ3v) is 9.70. The highest BCUT2D eigenvalue weighted by molar-refractivity contribution is 6.28. The Hall–Kier alpha value is -5.74. The van der Waals surface area contributed by atoms with Crippen molar-refractivity contribution in [3.63, 3.8) is 0 Å². The number of allylic oxidation sites excluding steroid dienone is 1. The van der Waals surface area contributed by atoms with Crippen molar-refractivity contribution in [2.75, 3.05) is 42.9 Å². The molecule has 48 heavy (non-hydrogen) atoms. The topological polar surface area (TPSA) is 13.0 Å². The molecule has 7 aromatic rings. The second-order valence-electron chi connectivity index (χ2n) is 13.1. The second-order valence-corrected chi connectivity index (χ2v) is 13.1. The normalized spacial score (nSPS) is 14.4. The smallest absolute Gasteiger partial charge is 0.0561 e. The quantitative estimate of drug-likeness (QED) is 0.156. The zero-order valence-corrected chi connectivity index (χ0v) is 28.0. The van der Waals surface area contributed by atoms with Gasteiger partial charge in [-0.1, -0.05) is 84.9 Å². The minimum atomic E-state index is 0.198. The molecule has 4 nitrogen and oxygen atoms in total. The van der Waals surface area contributed by atoms with Crippen molar-refractivity contribution >= 4 is 66.4 Å². The molecule has 236 valence electrons. The lowest BCUT2D eigenvalue weighted by molar-refractivity contribution is 0.520. The van der Waals surface area contributed by atoms with E-state index in [0.717, 1.165) is 17.8 Å². The van der Waals surface area contributed by atoms with E-state index >= 15 is 0 Å².